The topological polar surface area (TPSA) is 119 Å². The molecule has 1 amide bonds. The van der Waals surface area contributed by atoms with E-state index in [0.717, 1.165) is 11.1 Å². The zero-order chi connectivity index (χ0) is 28.4. The molecule has 1 N–H and O–H groups in total. The van der Waals surface area contributed by atoms with E-state index in [4.69, 9.17) is 14.5 Å². The third-order valence-corrected chi connectivity index (χ3v) is 6.82. The van der Waals surface area contributed by atoms with Crippen molar-refractivity contribution < 1.29 is 27.2 Å². The lowest BCUT2D eigenvalue weighted by molar-refractivity contribution is 0.0589. The summed E-state index contributed by atoms with van der Waals surface area (Å²) < 4.78 is 44.1. The lowest BCUT2D eigenvalue weighted by Gasteiger charge is -2.24. The quantitative estimate of drug-likeness (QED) is 0.285. The summed E-state index contributed by atoms with van der Waals surface area (Å²) in [5, 5.41) is 0. The van der Waals surface area contributed by atoms with Crippen LogP contribution < -0.4 is 9.64 Å². The van der Waals surface area contributed by atoms with Crippen molar-refractivity contribution in [3.05, 3.63) is 78.0 Å². The van der Waals surface area contributed by atoms with Gasteiger partial charge in [0.25, 0.3) is 10.1 Å². The minimum atomic E-state index is -4.32. The maximum atomic E-state index is 12.3. The molecule has 0 saturated heterocycles. The first-order valence-electron chi connectivity index (χ1n) is 12.3. The van der Waals surface area contributed by atoms with Gasteiger partial charge in [-0.15, -0.1) is 0 Å². The molecule has 0 atom stereocenters. The van der Waals surface area contributed by atoms with E-state index >= 15 is 0 Å². The van der Waals surface area contributed by atoms with Gasteiger partial charge in [0.2, 0.25) is 0 Å². The van der Waals surface area contributed by atoms with Gasteiger partial charge in [-0.25, -0.2) is 9.78 Å². The number of amides is 1. The number of rotatable bonds is 7. The monoisotopic (exact) mass is 549 g/mol. The molecule has 3 aromatic carbocycles. The van der Waals surface area contributed by atoms with Crippen LogP contribution in [0.15, 0.2) is 71.8 Å². The predicted octanol–water partition coefficient (Wildman–Crippen LogP) is 5.84. The normalized spacial score (nSPS) is 11.8. The van der Waals surface area contributed by atoms with E-state index in [1.807, 2.05) is 58.0 Å². The van der Waals surface area contributed by atoms with Gasteiger partial charge in [-0.05, 0) is 63.6 Å². The first kappa shape index (κ1) is 28.0. The highest BCUT2D eigenvalue weighted by molar-refractivity contribution is 7.85. The highest BCUT2D eigenvalue weighted by atomic mass is 32.2. The predicted molar refractivity (Wildman–Crippen MR) is 150 cm³/mol. The van der Waals surface area contributed by atoms with Crippen LogP contribution in [0.5, 0.6) is 5.75 Å². The number of hydrogen-bond acceptors (Lipinski definition) is 7. The first-order chi connectivity index (χ1) is 18.3. The van der Waals surface area contributed by atoms with E-state index in [1.54, 1.807) is 37.5 Å². The summed E-state index contributed by atoms with van der Waals surface area (Å²) >= 11 is 0. The Labute approximate surface area is 228 Å². The fourth-order valence-corrected chi connectivity index (χ4v) is 4.68. The molecule has 1 heterocycles. The van der Waals surface area contributed by atoms with Gasteiger partial charge in [-0.2, -0.15) is 8.42 Å². The van der Waals surface area contributed by atoms with Crippen LogP contribution in [-0.2, 0) is 21.3 Å². The number of carbonyl (C=O) groups excluding carboxylic acids is 1. The summed E-state index contributed by atoms with van der Waals surface area (Å²) in [6.07, 6.45) is 1.54. The van der Waals surface area contributed by atoms with Gasteiger partial charge in [0.15, 0.2) is 0 Å². The molecule has 39 heavy (non-hydrogen) atoms. The van der Waals surface area contributed by atoms with Crippen LogP contribution in [0, 0.1) is 6.92 Å². The Bertz CT molecular complexity index is 1610. The summed E-state index contributed by atoms with van der Waals surface area (Å²) in [6.45, 7) is 7.53. The highest BCUT2D eigenvalue weighted by Crippen LogP contribution is 2.25. The highest BCUT2D eigenvalue weighted by Gasteiger charge is 2.20. The molecule has 0 unspecified atom stereocenters. The van der Waals surface area contributed by atoms with E-state index in [1.165, 1.54) is 11.0 Å². The molecule has 204 valence electrons. The van der Waals surface area contributed by atoms with Crippen molar-refractivity contribution >= 4 is 32.9 Å². The smallest absolute Gasteiger partial charge is 0.414 e. The van der Waals surface area contributed by atoms with Gasteiger partial charge in [0.05, 0.1) is 34.4 Å². The average molecular weight is 550 g/mol. The van der Waals surface area contributed by atoms with Crippen molar-refractivity contribution in [1.82, 2.24) is 9.97 Å². The van der Waals surface area contributed by atoms with E-state index in [9.17, 15) is 17.8 Å². The summed E-state index contributed by atoms with van der Waals surface area (Å²) in [6, 6.07) is 17.5. The van der Waals surface area contributed by atoms with Crippen LogP contribution in [0.3, 0.4) is 0 Å². The molecule has 0 aliphatic carbocycles. The van der Waals surface area contributed by atoms with Crippen LogP contribution in [0.1, 0.15) is 31.9 Å². The Balaban J connectivity index is 1.44. The molecule has 10 heteroatoms. The fraction of sp³-hybridized carbons (Fsp3) is 0.276. The van der Waals surface area contributed by atoms with Crippen molar-refractivity contribution in [2.45, 2.75) is 44.6 Å². The molecule has 0 bridgehead atoms. The van der Waals surface area contributed by atoms with Gasteiger partial charge in [-0.3, -0.25) is 14.4 Å². The number of fused-ring (bicyclic) bond motifs is 1. The summed E-state index contributed by atoms with van der Waals surface area (Å²) in [5.74, 6) is 0.570. The molecule has 0 fully saturated rings. The number of benzene rings is 3. The summed E-state index contributed by atoms with van der Waals surface area (Å²) in [7, 11) is -2.66. The minimum absolute atomic E-state index is 0.113. The third kappa shape index (κ3) is 7.10. The van der Waals surface area contributed by atoms with Crippen molar-refractivity contribution in [3.63, 3.8) is 0 Å². The largest absolute Gasteiger partial charge is 0.493 e. The van der Waals surface area contributed by atoms with Crippen molar-refractivity contribution in [3.8, 4) is 17.0 Å². The fourth-order valence-electron chi connectivity index (χ4n) is 3.95. The van der Waals surface area contributed by atoms with Crippen molar-refractivity contribution in [2.24, 2.45) is 0 Å². The lowest BCUT2D eigenvalue weighted by Crippen LogP contribution is -2.34. The Morgan fingerprint density at radius 2 is 1.72 bits per heavy atom. The van der Waals surface area contributed by atoms with E-state index < -0.39 is 21.8 Å². The second kappa shape index (κ2) is 11.0. The van der Waals surface area contributed by atoms with Crippen LogP contribution >= 0.6 is 0 Å². The molecular weight excluding hydrogens is 518 g/mol. The second-order valence-corrected chi connectivity index (χ2v) is 11.6. The Hall–Kier alpha value is -4.02. The molecule has 0 radical (unpaired) electrons. The Morgan fingerprint density at radius 3 is 2.38 bits per heavy atom. The van der Waals surface area contributed by atoms with Gasteiger partial charge < -0.3 is 9.47 Å². The third-order valence-electron chi connectivity index (χ3n) is 5.87. The van der Waals surface area contributed by atoms with Gasteiger partial charge in [0, 0.05) is 30.8 Å². The number of nitrogens with zero attached hydrogens (tertiary/aromatic N) is 3. The molecule has 0 aliphatic rings. The maximum absolute atomic E-state index is 12.3. The standard InChI is InChI=1S/C29H31N3O6S/c1-19-6-13-27(39(34,35)36)21(16-19)14-15-37-23-11-12-24-25(17-23)30-18-26(31-24)20-7-9-22(10-8-20)32(5)28(33)38-29(2,3)4/h6-13,16-18H,14-15H2,1-5H3,(H,34,35,36). The average Bonchev–Trinajstić information content (AvgIpc) is 2.86. The first-order valence-corrected chi connectivity index (χ1v) is 13.8. The van der Waals surface area contributed by atoms with Gasteiger partial charge >= 0.3 is 6.09 Å². The van der Waals surface area contributed by atoms with Crippen LogP contribution in [0.25, 0.3) is 22.3 Å². The van der Waals surface area contributed by atoms with Crippen LogP contribution in [-0.4, -0.2) is 48.3 Å². The van der Waals surface area contributed by atoms with Crippen molar-refractivity contribution in [1.29, 1.82) is 0 Å². The molecule has 0 aliphatic heterocycles. The van der Waals surface area contributed by atoms with E-state index in [2.05, 4.69) is 4.98 Å². The zero-order valence-corrected chi connectivity index (χ0v) is 23.3. The molecule has 0 spiro atoms. The van der Waals surface area contributed by atoms with E-state index in [-0.39, 0.29) is 11.5 Å². The maximum Gasteiger partial charge on any atom is 0.414 e. The summed E-state index contributed by atoms with van der Waals surface area (Å²) in [5.41, 5.74) is 4.35. The molecule has 0 saturated carbocycles. The molecule has 4 rings (SSSR count). The minimum Gasteiger partial charge on any atom is -0.493 e. The van der Waals surface area contributed by atoms with E-state index in [0.29, 0.717) is 40.1 Å². The Morgan fingerprint density at radius 1 is 1.00 bits per heavy atom. The Kier molecular flexibility index (Phi) is 7.89. The number of aromatic nitrogens is 2. The molecule has 9 nitrogen and oxygen atoms in total. The molecule has 1 aromatic heterocycles. The number of hydrogen-bond donors (Lipinski definition) is 1. The zero-order valence-electron chi connectivity index (χ0n) is 22.5. The summed E-state index contributed by atoms with van der Waals surface area (Å²) in [4.78, 5) is 22.9. The van der Waals surface area contributed by atoms with Crippen LogP contribution in [0.2, 0.25) is 0 Å². The lowest BCUT2D eigenvalue weighted by atomic mass is 10.1. The van der Waals surface area contributed by atoms with Crippen LogP contribution in [0.4, 0.5) is 10.5 Å². The number of carbonyl (C=O) groups is 1. The number of aryl methyl sites for hydroxylation is 1. The number of ether oxygens (including phenoxy) is 2. The van der Waals surface area contributed by atoms with Crippen molar-refractivity contribution in [2.75, 3.05) is 18.6 Å². The molecular formula is C29H31N3O6S. The SMILES string of the molecule is Cc1ccc(S(=O)(=O)O)c(CCOc2ccc3nc(-c4ccc(N(C)C(=O)OC(C)(C)C)cc4)cnc3c2)c1. The van der Waals surface area contributed by atoms with Gasteiger partial charge in [0.1, 0.15) is 11.4 Å². The van der Waals surface area contributed by atoms with Gasteiger partial charge in [-0.1, -0.05) is 29.8 Å². The second-order valence-electron chi connectivity index (χ2n) is 10.2. The number of anilines is 1. The molecule has 4 aromatic rings.